The molecule has 1 aromatic carbocycles. The van der Waals surface area contributed by atoms with Crippen LogP contribution in [0.3, 0.4) is 0 Å². The summed E-state index contributed by atoms with van der Waals surface area (Å²) in [4.78, 5) is 16.0. The Morgan fingerprint density at radius 3 is 3.05 bits per heavy atom. The van der Waals surface area contributed by atoms with Crippen LogP contribution in [-0.4, -0.2) is 34.7 Å². The molecule has 6 nitrogen and oxygen atoms in total. The van der Waals surface area contributed by atoms with E-state index in [4.69, 9.17) is 9.47 Å². The fourth-order valence-corrected chi connectivity index (χ4v) is 2.15. The lowest BCUT2D eigenvalue weighted by atomic mass is 10.2. The zero-order valence-electron chi connectivity index (χ0n) is 11.6. The van der Waals surface area contributed by atoms with Crippen LogP contribution in [-0.2, 0) is 11.3 Å². The highest BCUT2D eigenvalue weighted by atomic mass is 16.6. The number of para-hydroxylation sites is 2. The summed E-state index contributed by atoms with van der Waals surface area (Å²) in [7, 11) is 0. The number of rotatable bonds is 5. The third kappa shape index (κ3) is 3.34. The summed E-state index contributed by atoms with van der Waals surface area (Å²) in [5, 5.41) is 2.87. The molecule has 2 heterocycles. The number of hydrogen-bond donors (Lipinski definition) is 1. The third-order valence-corrected chi connectivity index (χ3v) is 3.25. The number of aromatic nitrogens is 2. The van der Waals surface area contributed by atoms with Gasteiger partial charge in [0, 0.05) is 25.5 Å². The standard InChI is InChI=1S/C15H17N3O3/c19-15(17-6-3-8-18-9-7-16-11-18)14-10-20-12-4-1-2-5-13(12)21-14/h1-2,4-5,7,9,11,14H,3,6,8,10H2,(H,17,19)/t14-/m1/s1. The minimum atomic E-state index is -0.590. The maximum absolute atomic E-state index is 12.0. The van der Waals surface area contributed by atoms with Crippen LogP contribution in [0.15, 0.2) is 43.0 Å². The number of nitrogens with one attached hydrogen (secondary N) is 1. The molecule has 3 rings (SSSR count). The Labute approximate surface area is 122 Å². The van der Waals surface area contributed by atoms with E-state index in [1.54, 1.807) is 18.6 Å². The molecular formula is C15H17N3O3. The van der Waals surface area contributed by atoms with E-state index in [1.165, 1.54) is 0 Å². The number of imidazole rings is 1. The molecule has 6 heteroatoms. The van der Waals surface area contributed by atoms with Crippen LogP contribution in [0.25, 0.3) is 0 Å². The minimum absolute atomic E-state index is 0.143. The van der Waals surface area contributed by atoms with Gasteiger partial charge in [-0.2, -0.15) is 0 Å². The fraction of sp³-hybridized carbons (Fsp3) is 0.333. The highest BCUT2D eigenvalue weighted by molar-refractivity contribution is 5.81. The first-order valence-electron chi connectivity index (χ1n) is 6.95. The Balaban J connectivity index is 1.44. The summed E-state index contributed by atoms with van der Waals surface area (Å²) in [6, 6.07) is 7.36. The van der Waals surface area contributed by atoms with Crippen molar-refractivity contribution < 1.29 is 14.3 Å². The number of ether oxygens (including phenoxy) is 2. The van der Waals surface area contributed by atoms with E-state index in [9.17, 15) is 4.79 Å². The smallest absolute Gasteiger partial charge is 0.264 e. The molecule has 0 bridgehead atoms. The van der Waals surface area contributed by atoms with E-state index in [1.807, 2.05) is 29.0 Å². The maximum Gasteiger partial charge on any atom is 0.264 e. The van der Waals surface area contributed by atoms with Crippen molar-refractivity contribution in [1.29, 1.82) is 0 Å². The van der Waals surface area contributed by atoms with Gasteiger partial charge in [-0.15, -0.1) is 0 Å². The van der Waals surface area contributed by atoms with Crippen molar-refractivity contribution in [2.24, 2.45) is 0 Å². The summed E-state index contributed by atoms with van der Waals surface area (Å²) in [5.41, 5.74) is 0. The Kier molecular flexibility index (Phi) is 4.04. The van der Waals surface area contributed by atoms with Crippen molar-refractivity contribution in [3.05, 3.63) is 43.0 Å². The minimum Gasteiger partial charge on any atom is -0.485 e. The zero-order chi connectivity index (χ0) is 14.5. The molecule has 0 fully saturated rings. The summed E-state index contributed by atoms with van der Waals surface area (Å²) < 4.78 is 13.1. The fourth-order valence-electron chi connectivity index (χ4n) is 2.15. The van der Waals surface area contributed by atoms with E-state index in [-0.39, 0.29) is 12.5 Å². The van der Waals surface area contributed by atoms with Crippen molar-refractivity contribution in [3.63, 3.8) is 0 Å². The average molecular weight is 287 g/mol. The summed E-state index contributed by atoms with van der Waals surface area (Å²) in [5.74, 6) is 1.15. The first-order valence-corrected chi connectivity index (χ1v) is 6.95. The number of hydrogen-bond acceptors (Lipinski definition) is 4. The summed E-state index contributed by atoms with van der Waals surface area (Å²) in [6.45, 7) is 1.66. The van der Waals surface area contributed by atoms with E-state index >= 15 is 0 Å². The van der Waals surface area contributed by atoms with Gasteiger partial charge in [0.1, 0.15) is 6.61 Å². The number of fused-ring (bicyclic) bond motifs is 1. The normalized spacial score (nSPS) is 16.5. The Bertz CT molecular complexity index is 598. The Morgan fingerprint density at radius 1 is 1.38 bits per heavy atom. The van der Waals surface area contributed by atoms with Crippen LogP contribution in [0.5, 0.6) is 11.5 Å². The van der Waals surface area contributed by atoms with Crippen molar-refractivity contribution in [3.8, 4) is 11.5 Å². The van der Waals surface area contributed by atoms with Gasteiger partial charge in [0.2, 0.25) is 6.10 Å². The van der Waals surface area contributed by atoms with E-state index in [0.29, 0.717) is 18.0 Å². The molecule has 1 aliphatic rings. The van der Waals surface area contributed by atoms with Gasteiger partial charge >= 0.3 is 0 Å². The summed E-state index contributed by atoms with van der Waals surface area (Å²) in [6.07, 6.45) is 5.65. The second-order valence-electron chi connectivity index (χ2n) is 4.81. The second-order valence-corrected chi connectivity index (χ2v) is 4.81. The van der Waals surface area contributed by atoms with Gasteiger partial charge in [0.05, 0.1) is 6.33 Å². The number of carbonyl (C=O) groups is 1. The van der Waals surface area contributed by atoms with Gasteiger partial charge in [0.25, 0.3) is 5.91 Å². The highest BCUT2D eigenvalue weighted by Gasteiger charge is 2.26. The summed E-state index contributed by atoms with van der Waals surface area (Å²) >= 11 is 0. The van der Waals surface area contributed by atoms with Gasteiger partial charge < -0.3 is 19.4 Å². The molecule has 0 aliphatic carbocycles. The lowest BCUT2D eigenvalue weighted by Crippen LogP contribution is -2.44. The molecule has 1 N–H and O–H groups in total. The molecular weight excluding hydrogens is 270 g/mol. The lowest BCUT2D eigenvalue weighted by molar-refractivity contribution is -0.130. The molecule has 0 radical (unpaired) electrons. The molecule has 1 aromatic heterocycles. The number of benzene rings is 1. The average Bonchev–Trinajstić information content (AvgIpc) is 3.04. The Hall–Kier alpha value is -2.50. The number of aryl methyl sites for hydroxylation is 1. The number of carbonyl (C=O) groups excluding carboxylic acids is 1. The van der Waals surface area contributed by atoms with Crippen molar-refractivity contribution in [1.82, 2.24) is 14.9 Å². The monoisotopic (exact) mass is 287 g/mol. The Morgan fingerprint density at radius 2 is 2.24 bits per heavy atom. The second kappa shape index (κ2) is 6.30. The lowest BCUT2D eigenvalue weighted by Gasteiger charge is -2.25. The van der Waals surface area contributed by atoms with Gasteiger partial charge in [-0.25, -0.2) is 4.98 Å². The van der Waals surface area contributed by atoms with Crippen LogP contribution in [0, 0.1) is 0 Å². The molecule has 110 valence electrons. The van der Waals surface area contributed by atoms with Crippen LogP contribution in [0.2, 0.25) is 0 Å². The molecule has 1 amide bonds. The van der Waals surface area contributed by atoms with Gasteiger partial charge in [-0.1, -0.05) is 12.1 Å². The molecule has 1 atom stereocenters. The SMILES string of the molecule is O=C(NCCCn1ccnc1)[C@H]1COc2ccccc2O1. The van der Waals surface area contributed by atoms with Crippen molar-refractivity contribution in [2.75, 3.05) is 13.2 Å². The van der Waals surface area contributed by atoms with Crippen LogP contribution in [0.4, 0.5) is 0 Å². The van der Waals surface area contributed by atoms with Gasteiger partial charge in [-0.3, -0.25) is 4.79 Å². The van der Waals surface area contributed by atoms with E-state index in [2.05, 4.69) is 10.3 Å². The molecule has 21 heavy (non-hydrogen) atoms. The van der Waals surface area contributed by atoms with Gasteiger partial charge in [0.15, 0.2) is 11.5 Å². The van der Waals surface area contributed by atoms with Crippen LogP contribution >= 0.6 is 0 Å². The maximum atomic E-state index is 12.0. The predicted molar refractivity (Wildman–Crippen MR) is 76.2 cm³/mol. The largest absolute Gasteiger partial charge is 0.485 e. The molecule has 0 spiro atoms. The zero-order valence-corrected chi connectivity index (χ0v) is 11.6. The predicted octanol–water partition coefficient (Wildman–Crippen LogP) is 1.23. The third-order valence-electron chi connectivity index (χ3n) is 3.25. The molecule has 1 aliphatic heterocycles. The first kappa shape index (κ1) is 13.5. The molecule has 2 aromatic rings. The van der Waals surface area contributed by atoms with E-state index < -0.39 is 6.10 Å². The quantitative estimate of drug-likeness (QED) is 0.840. The van der Waals surface area contributed by atoms with Crippen molar-refractivity contribution >= 4 is 5.91 Å². The molecule has 0 saturated carbocycles. The molecule has 0 saturated heterocycles. The van der Waals surface area contributed by atoms with Gasteiger partial charge in [-0.05, 0) is 18.6 Å². The molecule has 0 unspecified atom stereocenters. The topological polar surface area (TPSA) is 65.4 Å². The number of amides is 1. The first-order chi connectivity index (χ1) is 10.3. The van der Waals surface area contributed by atoms with Crippen molar-refractivity contribution in [2.45, 2.75) is 19.1 Å². The van der Waals surface area contributed by atoms with Crippen LogP contribution in [0.1, 0.15) is 6.42 Å². The van der Waals surface area contributed by atoms with Crippen LogP contribution < -0.4 is 14.8 Å². The number of nitrogens with zero attached hydrogens (tertiary/aromatic N) is 2. The highest BCUT2D eigenvalue weighted by Crippen LogP contribution is 2.30. The van der Waals surface area contributed by atoms with E-state index in [0.717, 1.165) is 13.0 Å².